The highest BCUT2D eigenvalue weighted by molar-refractivity contribution is 6.46. The molecule has 3 aromatic rings. The first kappa shape index (κ1) is 22.8. The van der Waals surface area contributed by atoms with Gasteiger partial charge in [-0.3, -0.25) is 14.4 Å². The van der Waals surface area contributed by atoms with Gasteiger partial charge in [-0.15, -0.1) is 0 Å². The molecule has 0 aromatic heterocycles. The van der Waals surface area contributed by atoms with Gasteiger partial charge in [0.15, 0.2) is 0 Å². The summed E-state index contributed by atoms with van der Waals surface area (Å²) in [7, 11) is 3.27. The van der Waals surface area contributed by atoms with Crippen molar-refractivity contribution in [1.82, 2.24) is 0 Å². The molecule has 172 valence electrons. The molecule has 7 heteroatoms. The number of para-hydroxylation sites is 1. The number of benzene rings is 3. The second kappa shape index (κ2) is 9.23. The lowest BCUT2D eigenvalue weighted by atomic mass is 10.0. The van der Waals surface area contributed by atoms with Crippen LogP contribution in [0.25, 0.3) is 5.57 Å². The number of nitrogens with one attached hydrogen (secondary N) is 1. The molecule has 0 radical (unpaired) electrons. The number of rotatable bonds is 6. The van der Waals surface area contributed by atoms with E-state index in [1.165, 1.54) is 14.0 Å². The van der Waals surface area contributed by atoms with Gasteiger partial charge in [0.2, 0.25) is 5.91 Å². The van der Waals surface area contributed by atoms with Crippen LogP contribution >= 0.6 is 0 Å². The first-order valence-corrected chi connectivity index (χ1v) is 10.8. The van der Waals surface area contributed by atoms with Gasteiger partial charge in [-0.2, -0.15) is 0 Å². The number of imide groups is 1. The number of anilines is 3. The van der Waals surface area contributed by atoms with E-state index in [9.17, 15) is 14.4 Å². The highest BCUT2D eigenvalue weighted by Crippen LogP contribution is 2.40. The molecule has 0 aliphatic carbocycles. The Hall–Kier alpha value is -4.39. The molecule has 3 aromatic carbocycles. The minimum absolute atomic E-state index is 0.193. The van der Waals surface area contributed by atoms with E-state index in [4.69, 9.17) is 4.74 Å². The molecular weight excluding hydrogens is 430 g/mol. The van der Waals surface area contributed by atoms with Crippen LogP contribution in [0.3, 0.4) is 0 Å². The number of ether oxygens (including phenoxy) is 1. The van der Waals surface area contributed by atoms with E-state index >= 15 is 0 Å². The minimum atomic E-state index is -0.445. The number of likely N-dealkylation sites (N-methyl/N-ethyl adjacent to an activating group) is 1. The second-order valence-corrected chi connectivity index (χ2v) is 8.00. The Kier molecular flexibility index (Phi) is 6.19. The molecule has 1 N–H and O–H groups in total. The molecule has 0 saturated carbocycles. The zero-order valence-corrected chi connectivity index (χ0v) is 19.5. The zero-order valence-electron chi connectivity index (χ0n) is 19.5. The van der Waals surface area contributed by atoms with Crippen molar-refractivity contribution in [3.05, 3.63) is 89.6 Å². The van der Waals surface area contributed by atoms with Crippen LogP contribution in [0.4, 0.5) is 17.1 Å². The lowest BCUT2D eigenvalue weighted by Crippen LogP contribution is -2.34. The molecule has 34 heavy (non-hydrogen) atoms. The molecule has 0 atom stereocenters. The van der Waals surface area contributed by atoms with Gasteiger partial charge in [0.05, 0.1) is 18.4 Å². The Labute approximate surface area is 198 Å². The monoisotopic (exact) mass is 455 g/mol. The number of amides is 3. The quantitative estimate of drug-likeness (QED) is 0.558. The van der Waals surface area contributed by atoms with Crippen molar-refractivity contribution in [2.24, 2.45) is 0 Å². The summed E-state index contributed by atoms with van der Waals surface area (Å²) in [5.74, 6) is -0.655. The van der Waals surface area contributed by atoms with E-state index < -0.39 is 11.8 Å². The Morgan fingerprint density at radius 3 is 2.24 bits per heavy atom. The van der Waals surface area contributed by atoms with Crippen molar-refractivity contribution < 1.29 is 19.1 Å². The van der Waals surface area contributed by atoms with Crippen LogP contribution in [0.1, 0.15) is 18.1 Å². The van der Waals surface area contributed by atoms with Gasteiger partial charge in [-0.05, 0) is 54.4 Å². The van der Waals surface area contributed by atoms with E-state index in [-0.39, 0.29) is 17.2 Å². The van der Waals surface area contributed by atoms with Crippen molar-refractivity contribution in [1.29, 1.82) is 0 Å². The Balaban J connectivity index is 1.87. The normalized spacial score (nSPS) is 13.4. The number of aryl methyl sites for hydroxylation is 1. The van der Waals surface area contributed by atoms with Crippen LogP contribution in [0.5, 0.6) is 5.75 Å². The zero-order chi connectivity index (χ0) is 24.4. The van der Waals surface area contributed by atoms with Crippen molar-refractivity contribution in [2.75, 3.05) is 29.3 Å². The van der Waals surface area contributed by atoms with E-state index in [1.807, 2.05) is 43.3 Å². The van der Waals surface area contributed by atoms with Crippen LogP contribution in [-0.2, 0) is 14.4 Å². The van der Waals surface area contributed by atoms with Crippen LogP contribution in [0, 0.1) is 6.92 Å². The summed E-state index contributed by atoms with van der Waals surface area (Å²) < 4.78 is 5.46. The molecular formula is C27H25N3O4. The maximum absolute atomic E-state index is 13.8. The van der Waals surface area contributed by atoms with E-state index in [2.05, 4.69) is 5.32 Å². The lowest BCUT2D eigenvalue weighted by molar-refractivity contribution is -0.120. The van der Waals surface area contributed by atoms with Gasteiger partial charge in [-0.1, -0.05) is 36.4 Å². The molecule has 0 unspecified atom stereocenters. The van der Waals surface area contributed by atoms with E-state index in [0.717, 1.165) is 16.2 Å². The first-order chi connectivity index (χ1) is 16.3. The Morgan fingerprint density at radius 2 is 1.62 bits per heavy atom. The summed E-state index contributed by atoms with van der Waals surface area (Å²) in [6, 6.07) is 21.6. The molecule has 0 fully saturated rings. The van der Waals surface area contributed by atoms with Gasteiger partial charge in [-0.25, -0.2) is 4.90 Å². The highest BCUT2D eigenvalue weighted by Gasteiger charge is 2.43. The molecule has 0 spiro atoms. The average molecular weight is 456 g/mol. The van der Waals surface area contributed by atoms with Crippen molar-refractivity contribution >= 4 is 40.4 Å². The maximum Gasteiger partial charge on any atom is 0.282 e. The van der Waals surface area contributed by atoms with Gasteiger partial charge in [0.25, 0.3) is 11.8 Å². The lowest BCUT2D eigenvalue weighted by Gasteiger charge is -2.22. The molecule has 0 saturated heterocycles. The fraction of sp³-hybridized carbons (Fsp3) is 0.148. The molecule has 4 rings (SSSR count). The number of hydrogen-bond acceptors (Lipinski definition) is 5. The van der Waals surface area contributed by atoms with E-state index in [1.54, 1.807) is 48.3 Å². The van der Waals surface area contributed by atoms with Crippen LogP contribution in [0.15, 0.2) is 78.5 Å². The molecule has 7 nitrogen and oxygen atoms in total. The summed E-state index contributed by atoms with van der Waals surface area (Å²) >= 11 is 0. The average Bonchev–Trinajstić information content (AvgIpc) is 3.09. The summed E-state index contributed by atoms with van der Waals surface area (Å²) in [5, 5.41) is 2.71. The SMILES string of the molecule is COc1ccc(C)cc1N1C(=O)C(c2ccc(NC(C)=O)cc2)=C(N(C)c2ccccc2)C1=O. The third-order valence-corrected chi connectivity index (χ3v) is 5.61. The summed E-state index contributed by atoms with van der Waals surface area (Å²) in [4.78, 5) is 41.9. The summed E-state index contributed by atoms with van der Waals surface area (Å²) in [5.41, 5.74) is 3.75. The first-order valence-electron chi connectivity index (χ1n) is 10.8. The predicted octanol–water partition coefficient (Wildman–Crippen LogP) is 4.38. The fourth-order valence-corrected chi connectivity index (χ4v) is 3.99. The van der Waals surface area contributed by atoms with Crippen molar-refractivity contribution in [3.8, 4) is 5.75 Å². The minimum Gasteiger partial charge on any atom is -0.495 e. The largest absolute Gasteiger partial charge is 0.495 e. The van der Waals surface area contributed by atoms with Gasteiger partial charge in [0, 0.05) is 25.3 Å². The van der Waals surface area contributed by atoms with Gasteiger partial charge < -0.3 is 15.0 Å². The molecule has 1 aliphatic heterocycles. The summed E-state index contributed by atoms with van der Waals surface area (Å²) in [6.07, 6.45) is 0. The smallest absolute Gasteiger partial charge is 0.282 e. The molecule has 0 bridgehead atoms. The van der Waals surface area contributed by atoms with Crippen molar-refractivity contribution in [2.45, 2.75) is 13.8 Å². The Bertz CT molecular complexity index is 1300. The molecule has 1 heterocycles. The maximum atomic E-state index is 13.8. The number of carbonyl (C=O) groups excluding carboxylic acids is 3. The van der Waals surface area contributed by atoms with Crippen molar-refractivity contribution in [3.63, 3.8) is 0 Å². The number of carbonyl (C=O) groups is 3. The van der Waals surface area contributed by atoms with E-state index in [0.29, 0.717) is 22.7 Å². The summed E-state index contributed by atoms with van der Waals surface area (Å²) in [6.45, 7) is 3.32. The number of nitrogens with zero attached hydrogens (tertiary/aromatic N) is 2. The third-order valence-electron chi connectivity index (χ3n) is 5.61. The van der Waals surface area contributed by atoms with Crippen LogP contribution in [-0.4, -0.2) is 31.9 Å². The van der Waals surface area contributed by atoms with Gasteiger partial charge in [0.1, 0.15) is 11.4 Å². The predicted molar refractivity (Wildman–Crippen MR) is 133 cm³/mol. The highest BCUT2D eigenvalue weighted by atomic mass is 16.5. The van der Waals surface area contributed by atoms with Crippen LogP contribution in [0.2, 0.25) is 0 Å². The molecule has 3 amide bonds. The molecule has 1 aliphatic rings. The van der Waals surface area contributed by atoms with Gasteiger partial charge >= 0.3 is 0 Å². The van der Waals surface area contributed by atoms with Crippen LogP contribution < -0.4 is 19.9 Å². The number of hydrogen-bond donors (Lipinski definition) is 1. The standard InChI is InChI=1S/C27H25N3O4/c1-17-10-15-23(34-4)22(16-17)30-26(32)24(19-11-13-20(14-12-19)28-18(2)31)25(27(30)33)29(3)21-8-6-5-7-9-21/h5-16H,1-4H3,(H,28,31). The fourth-order valence-electron chi connectivity index (χ4n) is 3.99. The topological polar surface area (TPSA) is 79.0 Å². The Morgan fingerprint density at radius 1 is 0.941 bits per heavy atom. The number of methoxy groups -OCH3 is 1. The second-order valence-electron chi connectivity index (χ2n) is 8.00. The third kappa shape index (κ3) is 4.15.